The summed E-state index contributed by atoms with van der Waals surface area (Å²) in [6, 6.07) is 19.0. The monoisotopic (exact) mass is 550 g/mol. The van der Waals surface area contributed by atoms with Gasteiger partial charge >= 0.3 is 5.97 Å². The number of ether oxygens (including phenoxy) is 1. The molecule has 1 saturated heterocycles. The van der Waals surface area contributed by atoms with Crippen LogP contribution >= 0.6 is 0 Å². The number of pyridine rings is 1. The number of rotatable bonds is 9. The van der Waals surface area contributed by atoms with Crippen LogP contribution in [0, 0.1) is 12.8 Å². The Morgan fingerprint density at radius 1 is 1.02 bits per heavy atom. The predicted molar refractivity (Wildman–Crippen MR) is 159 cm³/mol. The third kappa shape index (κ3) is 7.32. The Balaban J connectivity index is 1.22. The molecule has 2 N–H and O–H groups in total. The zero-order valence-electron chi connectivity index (χ0n) is 23.3. The summed E-state index contributed by atoms with van der Waals surface area (Å²) in [5, 5.41) is 6.28. The van der Waals surface area contributed by atoms with E-state index in [9.17, 15) is 9.59 Å². The summed E-state index contributed by atoms with van der Waals surface area (Å²) in [5.41, 5.74) is 5.72. The molecule has 9 nitrogen and oxygen atoms in total. The lowest BCUT2D eigenvalue weighted by Crippen LogP contribution is -2.36. The molecule has 0 aliphatic carbocycles. The van der Waals surface area contributed by atoms with Gasteiger partial charge < -0.3 is 15.4 Å². The minimum absolute atomic E-state index is 0.0117. The average Bonchev–Trinajstić information content (AvgIpc) is 2.99. The second-order valence-electron chi connectivity index (χ2n) is 10.1. The van der Waals surface area contributed by atoms with Gasteiger partial charge in [-0.3, -0.25) is 19.5 Å². The van der Waals surface area contributed by atoms with Gasteiger partial charge in [-0.15, -0.1) is 0 Å². The van der Waals surface area contributed by atoms with Crippen molar-refractivity contribution >= 4 is 29.2 Å². The molecule has 1 fully saturated rings. The van der Waals surface area contributed by atoms with Crippen molar-refractivity contribution in [2.45, 2.75) is 33.2 Å². The van der Waals surface area contributed by atoms with Crippen LogP contribution in [0.25, 0.3) is 11.3 Å². The minimum atomic E-state index is -0.203. The molecule has 1 amide bonds. The van der Waals surface area contributed by atoms with Crippen LogP contribution in [0.1, 0.15) is 41.3 Å². The fourth-order valence-electron chi connectivity index (χ4n) is 4.91. The van der Waals surface area contributed by atoms with Crippen LogP contribution in [-0.2, 0) is 16.1 Å². The molecule has 1 aliphatic heterocycles. The number of hydrogen-bond acceptors (Lipinski definition) is 8. The number of carbonyl (C=O) groups is 2. The number of esters is 1. The molecule has 3 heterocycles. The van der Waals surface area contributed by atoms with Crippen LogP contribution in [0.4, 0.5) is 17.3 Å². The van der Waals surface area contributed by atoms with E-state index in [0.29, 0.717) is 18.1 Å². The van der Waals surface area contributed by atoms with E-state index in [1.165, 1.54) is 0 Å². The highest BCUT2D eigenvalue weighted by Gasteiger charge is 2.26. The smallest absolute Gasteiger partial charge is 0.309 e. The first kappa shape index (κ1) is 27.9. The molecule has 0 unspecified atom stereocenters. The Morgan fingerprint density at radius 3 is 2.66 bits per heavy atom. The third-order valence-electron chi connectivity index (χ3n) is 7.16. The fraction of sp³-hybridized carbons (Fsp3) is 0.281. The first-order valence-corrected chi connectivity index (χ1v) is 13.9. The van der Waals surface area contributed by atoms with Crippen LogP contribution in [0.15, 0.2) is 79.3 Å². The van der Waals surface area contributed by atoms with Crippen molar-refractivity contribution in [1.82, 2.24) is 19.9 Å². The van der Waals surface area contributed by atoms with Gasteiger partial charge in [-0.2, -0.15) is 0 Å². The summed E-state index contributed by atoms with van der Waals surface area (Å²) in [5.74, 6) is 0.135. The molecule has 210 valence electrons. The Bertz CT molecular complexity index is 1500. The summed E-state index contributed by atoms with van der Waals surface area (Å²) in [7, 11) is 0. The van der Waals surface area contributed by atoms with E-state index in [-0.39, 0.29) is 17.8 Å². The molecule has 41 heavy (non-hydrogen) atoms. The number of anilines is 3. The molecule has 5 rings (SSSR count). The summed E-state index contributed by atoms with van der Waals surface area (Å²) < 4.78 is 5.18. The van der Waals surface area contributed by atoms with Gasteiger partial charge in [-0.25, -0.2) is 9.97 Å². The molecule has 0 bridgehead atoms. The number of amides is 1. The molecule has 0 saturated carbocycles. The third-order valence-corrected chi connectivity index (χ3v) is 7.16. The SMILES string of the molecule is CCOC(=O)C1CCN(Cc2cccc(NC(=O)c3ccc(C)c(Nc4nccc(-c5cccnc5)n4)c3)c2)CC1. The summed E-state index contributed by atoms with van der Waals surface area (Å²) in [6.07, 6.45) is 6.78. The van der Waals surface area contributed by atoms with E-state index in [0.717, 1.165) is 66.2 Å². The van der Waals surface area contributed by atoms with E-state index in [1.807, 2.05) is 62.4 Å². The van der Waals surface area contributed by atoms with Crippen molar-refractivity contribution in [3.8, 4) is 11.3 Å². The van der Waals surface area contributed by atoms with Crippen LogP contribution < -0.4 is 10.6 Å². The van der Waals surface area contributed by atoms with Crippen LogP contribution in [0.3, 0.4) is 0 Å². The van der Waals surface area contributed by atoms with Gasteiger partial charge in [-0.05, 0) is 93.4 Å². The highest BCUT2D eigenvalue weighted by atomic mass is 16.5. The Labute approximate surface area is 240 Å². The van der Waals surface area contributed by atoms with Gasteiger partial charge in [0.2, 0.25) is 5.95 Å². The maximum atomic E-state index is 13.2. The van der Waals surface area contributed by atoms with E-state index in [1.54, 1.807) is 24.7 Å². The quantitative estimate of drug-likeness (QED) is 0.259. The molecule has 9 heteroatoms. The summed E-state index contributed by atoms with van der Waals surface area (Å²) >= 11 is 0. The molecule has 1 aliphatic rings. The number of nitrogens with one attached hydrogen (secondary N) is 2. The van der Waals surface area contributed by atoms with E-state index in [4.69, 9.17) is 4.74 Å². The molecule has 0 radical (unpaired) electrons. The lowest BCUT2D eigenvalue weighted by molar-refractivity contribution is -0.149. The molecule has 2 aromatic carbocycles. The number of carbonyl (C=O) groups excluding carboxylic acids is 2. The van der Waals surface area contributed by atoms with Crippen molar-refractivity contribution in [2.75, 3.05) is 30.3 Å². The normalized spacial score (nSPS) is 13.9. The Morgan fingerprint density at radius 2 is 1.88 bits per heavy atom. The maximum Gasteiger partial charge on any atom is 0.309 e. The van der Waals surface area contributed by atoms with Gasteiger partial charge in [0.25, 0.3) is 5.91 Å². The van der Waals surface area contributed by atoms with Gasteiger partial charge in [0.05, 0.1) is 18.2 Å². The van der Waals surface area contributed by atoms with Gasteiger partial charge in [-0.1, -0.05) is 18.2 Å². The molecule has 4 aromatic rings. The summed E-state index contributed by atoms with van der Waals surface area (Å²) in [6.45, 7) is 6.67. The first-order chi connectivity index (χ1) is 20.0. The van der Waals surface area contributed by atoms with Crippen molar-refractivity contribution in [2.24, 2.45) is 5.92 Å². The Hall–Kier alpha value is -4.63. The minimum Gasteiger partial charge on any atom is -0.466 e. The van der Waals surface area contributed by atoms with Crippen molar-refractivity contribution in [1.29, 1.82) is 0 Å². The van der Waals surface area contributed by atoms with Gasteiger partial charge in [0.1, 0.15) is 0 Å². The van der Waals surface area contributed by atoms with Crippen LogP contribution in [0.5, 0.6) is 0 Å². The number of hydrogen-bond donors (Lipinski definition) is 2. The van der Waals surface area contributed by atoms with Crippen molar-refractivity contribution in [3.05, 3.63) is 95.9 Å². The van der Waals surface area contributed by atoms with Gasteiger partial charge in [0, 0.05) is 47.6 Å². The molecule has 0 atom stereocenters. The maximum absolute atomic E-state index is 13.2. The zero-order valence-corrected chi connectivity index (χ0v) is 23.3. The lowest BCUT2D eigenvalue weighted by Gasteiger charge is -2.30. The number of likely N-dealkylation sites (tertiary alicyclic amines) is 1. The van der Waals surface area contributed by atoms with E-state index in [2.05, 4.69) is 36.6 Å². The van der Waals surface area contributed by atoms with Crippen molar-refractivity contribution in [3.63, 3.8) is 0 Å². The topological polar surface area (TPSA) is 109 Å². The molecule has 2 aromatic heterocycles. The zero-order chi connectivity index (χ0) is 28.6. The largest absolute Gasteiger partial charge is 0.466 e. The number of benzene rings is 2. The first-order valence-electron chi connectivity index (χ1n) is 13.9. The fourth-order valence-corrected chi connectivity index (χ4v) is 4.91. The Kier molecular flexibility index (Phi) is 8.95. The standard InChI is InChI=1S/C32H34N6O3/c1-3-41-31(40)24-12-16-38(17-13-24)21-23-6-4-8-27(18-23)35-30(39)25-10-9-22(2)29(19-25)37-32-34-15-11-28(36-32)26-7-5-14-33-20-26/h4-11,14-15,18-20,24H,3,12-13,16-17,21H2,1-2H3,(H,35,39)(H,34,36,37). The lowest BCUT2D eigenvalue weighted by atomic mass is 9.96. The number of piperidine rings is 1. The predicted octanol–water partition coefficient (Wildman–Crippen LogP) is 5.62. The second kappa shape index (κ2) is 13.1. The van der Waals surface area contributed by atoms with Gasteiger partial charge in [0.15, 0.2) is 0 Å². The van der Waals surface area contributed by atoms with Crippen LogP contribution in [0.2, 0.25) is 0 Å². The van der Waals surface area contributed by atoms with E-state index >= 15 is 0 Å². The highest BCUT2D eigenvalue weighted by Crippen LogP contribution is 2.24. The summed E-state index contributed by atoms with van der Waals surface area (Å²) in [4.78, 5) is 40.7. The van der Waals surface area contributed by atoms with Crippen molar-refractivity contribution < 1.29 is 14.3 Å². The second-order valence-corrected chi connectivity index (χ2v) is 10.1. The number of nitrogens with zero attached hydrogens (tertiary/aromatic N) is 4. The number of aromatic nitrogens is 3. The molecule has 0 spiro atoms. The molecular weight excluding hydrogens is 516 g/mol. The average molecular weight is 551 g/mol. The highest BCUT2D eigenvalue weighted by molar-refractivity contribution is 6.05. The van der Waals surface area contributed by atoms with Crippen LogP contribution in [-0.4, -0.2) is 51.4 Å². The number of aryl methyl sites for hydroxylation is 1. The van der Waals surface area contributed by atoms with E-state index < -0.39 is 0 Å². The molecular formula is C32H34N6O3.